The first-order chi connectivity index (χ1) is 9.83. The molecule has 0 aliphatic heterocycles. The Morgan fingerprint density at radius 2 is 2.00 bits per heavy atom. The highest BCUT2D eigenvalue weighted by atomic mass is 16.5. The van der Waals surface area contributed by atoms with Crippen molar-refractivity contribution in [3.63, 3.8) is 0 Å². The maximum atomic E-state index is 6.03. The normalized spacial score (nSPS) is 17.4. The van der Waals surface area contributed by atoms with Crippen molar-refractivity contribution in [2.75, 3.05) is 6.61 Å². The van der Waals surface area contributed by atoms with Gasteiger partial charge in [-0.15, -0.1) is 0 Å². The Kier molecular flexibility index (Phi) is 3.84. The fourth-order valence-electron chi connectivity index (χ4n) is 2.61. The molecular formula is C18H19NO. The Balaban J connectivity index is 1.58. The predicted octanol–water partition coefficient (Wildman–Crippen LogP) is 3.72. The molecule has 1 aliphatic rings. The Bertz CT molecular complexity index is 604. The van der Waals surface area contributed by atoms with Gasteiger partial charge in [-0.25, -0.2) is 0 Å². The Morgan fingerprint density at radius 3 is 2.85 bits per heavy atom. The molecule has 0 spiro atoms. The van der Waals surface area contributed by atoms with Crippen molar-refractivity contribution < 1.29 is 4.74 Å². The van der Waals surface area contributed by atoms with Gasteiger partial charge in [0.1, 0.15) is 12.4 Å². The van der Waals surface area contributed by atoms with E-state index in [9.17, 15) is 0 Å². The molecule has 0 fully saturated rings. The lowest BCUT2D eigenvalue weighted by molar-refractivity contribution is 0.363. The molecule has 2 aromatic carbocycles. The maximum absolute atomic E-state index is 6.03. The minimum Gasteiger partial charge on any atom is -0.490 e. The summed E-state index contributed by atoms with van der Waals surface area (Å²) in [7, 11) is 0. The zero-order valence-corrected chi connectivity index (χ0v) is 11.5. The summed E-state index contributed by atoms with van der Waals surface area (Å²) >= 11 is 0. The van der Waals surface area contributed by atoms with Gasteiger partial charge in [0.05, 0.1) is 0 Å². The molecule has 1 aliphatic carbocycles. The third kappa shape index (κ3) is 2.91. The highest BCUT2D eigenvalue weighted by Gasteiger charge is 2.18. The summed E-state index contributed by atoms with van der Waals surface area (Å²) in [5, 5.41) is 0. The average molecular weight is 265 g/mol. The van der Waals surface area contributed by atoms with E-state index >= 15 is 0 Å². The van der Waals surface area contributed by atoms with Gasteiger partial charge in [-0.3, -0.25) is 0 Å². The minimum absolute atomic E-state index is 0.206. The summed E-state index contributed by atoms with van der Waals surface area (Å²) in [6, 6.07) is 16.7. The topological polar surface area (TPSA) is 35.2 Å². The predicted molar refractivity (Wildman–Crippen MR) is 82.7 cm³/mol. The van der Waals surface area contributed by atoms with Crippen LogP contribution in [0.1, 0.15) is 29.2 Å². The Hall–Kier alpha value is -2.06. The second-order valence-electron chi connectivity index (χ2n) is 5.13. The van der Waals surface area contributed by atoms with E-state index in [1.165, 1.54) is 16.7 Å². The van der Waals surface area contributed by atoms with Crippen molar-refractivity contribution in [1.29, 1.82) is 0 Å². The van der Waals surface area contributed by atoms with Crippen LogP contribution in [-0.2, 0) is 6.42 Å². The van der Waals surface area contributed by atoms with Crippen LogP contribution < -0.4 is 10.5 Å². The number of benzene rings is 2. The molecule has 0 radical (unpaired) electrons. The van der Waals surface area contributed by atoms with Crippen molar-refractivity contribution in [2.45, 2.75) is 18.9 Å². The van der Waals surface area contributed by atoms with Crippen LogP contribution in [0.25, 0.3) is 6.08 Å². The smallest absolute Gasteiger partial charge is 0.120 e. The van der Waals surface area contributed by atoms with E-state index in [1.54, 1.807) is 0 Å². The number of nitrogens with two attached hydrogens (primary N) is 1. The van der Waals surface area contributed by atoms with E-state index in [4.69, 9.17) is 10.5 Å². The Morgan fingerprint density at radius 1 is 1.15 bits per heavy atom. The van der Waals surface area contributed by atoms with Crippen LogP contribution in [0, 0.1) is 0 Å². The lowest BCUT2D eigenvalue weighted by Gasteiger charge is -2.07. The first-order valence-corrected chi connectivity index (χ1v) is 7.06. The molecule has 0 saturated carbocycles. The lowest BCUT2D eigenvalue weighted by Crippen LogP contribution is -2.05. The number of ether oxygens (including phenoxy) is 1. The van der Waals surface area contributed by atoms with Crippen molar-refractivity contribution in [2.24, 2.45) is 5.73 Å². The van der Waals surface area contributed by atoms with Crippen LogP contribution in [-0.4, -0.2) is 6.61 Å². The third-order valence-corrected chi connectivity index (χ3v) is 3.69. The summed E-state index contributed by atoms with van der Waals surface area (Å²) in [5.74, 6) is 0.926. The summed E-state index contributed by atoms with van der Waals surface area (Å²) < 4.78 is 5.76. The minimum atomic E-state index is 0.206. The van der Waals surface area contributed by atoms with E-state index < -0.39 is 0 Å². The maximum Gasteiger partial charge on any atom is 0.120 e. The van der Waals surface area contributed by atoms with E-state index in [1.807, 2.05) is 30.3 Å². The highest BCUT2D eigenvalue weighted by Crippen LogP contribution is 2.31. The highest BCUT2D eigenvalue weighted by molar-refractivity contribution is 5.48. The molecule has 20 heavy (non-hydrogen) atoms. The molecule has 0 heterocycles. The first kappa shape index (κ1) is 12.9. The summed E-state index contributed by atoms with van der Waals surface area (Å²) in [6.07, 6.45) is 6.22. The van der Waals surface area contributed by atoms with Crippen molar-refractivity contribution >= 4 is 6.08 Å². The van der Waals surface area contributed by atoms with Crippen LogP contribution >= 0.6 is 0 Å². The van der Waals surface area contributed by atoms with Crippen molar-refractivity contribution in [1.82, 2.24) is 0 Å². The second-order valence-corrected chi connectivity index (χ2v) is 5.13. The standard InChI is InChI=1S/C18H19NO/c19-18-11-8-15-13-16(9-10-17(15)18)20-12-4-7-14-5-2-1-3-6-14/h1-7,9-10,13,18H,8,11-12,19H2/b7-4+/t18-/m1/s1. The van der Waals surface area contributed by atoms with E-state index in [2.05, 4.69) is 30.3 Å². The molecular weight excluding hydrogens is 246 g/mol. The van der Waals surface area contributed by atoms with E-state index in [0.29, 0.717) is 6.61 Å². The van der Waals surface area contributed by atoms with Gasteiger partial charge < -0.3 is 10.5 Å². The van der Waals surface area contributed by atoms with Crippen LogP contribution in [0.5, 0.6) is 5.75 Å². The number of rotatable bonds is 4. The van der Waals surface area contributed by atoms with Gasteiger partial charge in [0.2, 0.25) is 0 Å². The van der Waals surface area contributed by atoms with Gasteiger partial charge in [-0.2, -0.15) is 0 Å². The fourth-order valence-corrected chi connectivity index (χ4v) is 2.61. The third-order valence-electron chi connectivity index (χ3n) is 3.69. The van der Waals surface area contributed by atoms with Crippen LogP contribution in [0.3, 0.4) is 0 Å². The SMILES string of the molecule is N[C@@H]1CCc2cc(OC/C=C/c3ccccc3)ccc21. The molecule has 2 aromatic rings. The number of hydrogen-bond donors (Lipinski definition) is 1. The Labute approximate surface area is 119 Å². The zero-order chi connectivity index (χ0) is 13.8. The zero-order valence-electron chi connectivity index (χ0n) is 11.5. The number of aryl methyl sites for hydroxylation is 1. The summed E-state index contributed by atoms with van der Waals surface area (Å²) in [6.45, 7) is 0.583. The van der Waals surface area contributed by atoms with E-state index in [-0.39, 0.29) is 6.04 Å². The van der Waals surface area contributed by atoms with Crippen LogP contribution in [0.15, 0.2) is 54.6 Å². The largest absolute Gasteiger partial charge is 0.490 e. The monoisotopic (exact) mass is 265 g/mol. The number of fused-ring (bicyclic) bond motifs is 1. The van der Waals surface area contributed by atoms with Crippen LogP contribution in [0.4, 0.5) is 0 Å². The van der Waals surface area contributed by atoms with Crippen molar-refractivity contribution in [3.05, 3.63) is 71.3 Å². The molecule has 0 amide bonds. The van der Waals surface area contributed by atoms with Gasteiger partial charge in [0.25, 0.3) is 0 Å². The van der Waals surface area contributed by atoms with Gasteiger partial charge in [-0.1, -0.05) is 42.5 Å². The molecule has 2 heteroatoms. The van der Waals surface area contributed by atoms with Crippen LogP contribution in [0.2, 0.25) is 0 Å². The van der Waals surface area contributed by atoms with E-state index in [0.717, 1.165) is 18.6 Å². The quantitative estimate of drug-likeness (QED) is 0.914. The molecule has 102 valence electrons. The summed E-state index contributed by atoms with van der Waals surface area (Å²) in [4.78, 5) is 0. The molecule has 1 atom stereocenters. The molecule has 2 N–H and O–H groups in total. The molecule has 0 aromatic heterocycles. The second kappa shape index (κ2) is 5.93. The van der Waals surface area contributed by atoms with Gasteiger partial charge >= 0.3 is 0 Å². The first-order valence-electron chi connectivity index (χ1n) is 7.06. The van der Waals surface area contributed by atoms with Gasteiger partial charge in [-0.05, 0) is 47.7 Å². The lowest BCUT2D eigenvalue weighted by atomic mass is 10.1. The van der Waals surface area contributed by atoms with Gasteiger partial charge in [0.15, 0.2) is 0 Å². The molecule has 0 saturated heterocycles. The van der Waals surface area contributed by atoms with Gasteiger partial charge in [0, 0.05) is 6.04 Å². The average Bonchev–Trinajstić information content (AvgIpc) is 2.86. The fraction of sp³-hybridized carbons (Fsp3) is 0.222. The molecule has 3 rings (SSSR count). The summed E-state index contributed by atoms with van der Waals surface area (Å²) in [5.41, 5.74) is 9.83. The molecule has 0 bridgehead atoms. The number of hydrogen-bond acceptors (Lipinski definition) is 2. The molecule has 2 nitrogen and oxygen atoms in total. The van der Waals surface area contributed by atoms with Crippen molar-refractivity contribution in [3.8, 4) is 5.75 Å². The molecule has 0 unspecified atom stereocenters.